The molecule has 0 atom stereocenters. The summed E-state index contributed by atoms with van der Waals surface area (Å²) in [7, 11) is 0. The summed E-state index contributed by atoms with van der Waals surface area (Å²) >= 11 is 0. The molecule has 0 heterocycles. The van der Waals surface area contributed by atoms with Crippen molar-refractivity contribution in [1.82, 2.24) is 5.32 Å². The Morgan fingerprint density at radius 1 is 0.933 bits per heavy atom. The van der Waals surface area contributed by atoms with Crippen molar-refractivity contribution in [1.29, 1.82) is 0 Å². The van der Waals surface area contributed by atoms with E-state index in [-0.39, 0.29) is 0 Å². The lowest BCUT2D eigenvalue weighted by Crippen LogP contribution is -2.37. The highest BCUT2D eigenvalue weighted by atomic mass is 14.9. The summed E-state index contributed by atoms with van der Waals surface area (Å²) in [6, 6.07) is 11.2. The third-order valence-electron chi connectivity index (χ3n) is 2.82. The Morgan fingerprint density at radius 2 is 1.47 bits per heavy atom. The van der Waals surface area contributed by atoms with Gasteiger partial charge in [-0.25, -0.2) is 0 Å². The maximum atomic E-state index is 3.63. The first-order valence-corrected chi connectivity index (χ1v) is 5.88. The lowest BCUT2D eigenvalue weighted by atomic mass is 9.93. The molecule has 0 bridgehead atoms. The number of rotatable bonds is 5. The van der Waals surface area contributed by atoms with Crippen molar-refractivity contribution in [2.24, 2.45) is 11.8 Å². The minimum atomic E-state index is 0.602. The monoisotopic (exact) mass is 205 g/mol. The van der Waals surface area contributed by atoms with Crippen LogP contribution in [0.4, 0.5) is 0 Å². The van der Waals surface area contributed by atoms with Crippen LogP contribution in [0.2, 0.25) is 0 Å². The van der Waals surface area contributed by atoms with E-state index >= 15 is 0 Å². The van der Waals surface area contributed by atoms with Crippen molar-refractivity contribution in [3.63, 3.8) is 0 Å². The largest absolute Gasteiger partial charge is 0.309 e. The molecule has 0 saturated carbocycles. The van der Waals surface area contributed by atoms with Crippen molar-refractivity contribution in [3.8, 4) is 0 Å². The van der Waals surface area contributed by atoms with Crippen molar-refractivity contribution in [2.45, 2.75) is 40.3 Å². The van der Waals surface area contributed by atoms with E-state index in [2.05, 4.69) is 63.3 Å². The van der Waals surface area contributed by atoms with Crippen LogP contribution in [-0.2, 0) is 6.54 Å². The lowest BCUT2D eigenvalue weighted by molar-refractivity contribution is 0.313. The second kappa shape index (κ2) is 5.92. The van der Waals surface area contributed by atoms with Gasteiger partial charge in [-0.2, -0.15) is 0 Å². The standard InChI is InChI=1S/C14H23N/c1-11(2)14(12(3)4)15-10-13-8-6-5-7-9-13/h5-9,11-12,14-15H,10H2,1-4H3. The topological polar surface area (TPSA) is 12.0 Å². The third kappa shape index (κ3) is 4.05. The average Bonchev–Trinajstić information content (AvgIpc) is 2.18. The van der Waals surface area contributed by atoms with E-state index in [1.54, 1.807) is 0 Å². The van der Waals surface area contributed by atoms with Gasteiger partial charge in [0, 0.05) is 12.6 Å². The molecule has 1 N–H and O–H groups in total. The van der Waals surface area contributed by atoms with Gasteiger partial charge in [0.25, 0.3) is 0 Å². The van der Waals surface area contributed by atoms with Crippen LogP contribution < -0.4 is 5.32 Å². The lowest BCUT2D eigenvalue weighted by Gasteiger charge is -2.26. The van der Waals surface area contributed by atoms with Gasteiger partial charge in [0.1, 0.15) is 0 Å². The normalized spacial score (nSPS) is 11.7. The minimum absolute atomic E-state index is 0.602. The first kappa shape index (κ1) is 12.3. The Morgan fingerprint density at radius 3 is 1.93 bits per heavy atom. The van der Waals surface area contributed by atoms with E-state index < -0.39 is 0 Å². The first-order chi connectivity index (χ1) is 7.11. The van der Waals surface area contributed by atoms with Gasteiger partial charge in [0.2, 0.25) is 0 Å². The summed E-state index contributed by atoms with van der Waals surface area (Å²) < 4.78 is 0. The fourth-order valence-corrected chi connectivity index (χ4v) is 2.07. The third-order valence-corrected chi connectivity index (χ3v) is 2.82. The van der Waals surface area contributed by atoms with Gasteiger partial charge < -0.3 is 5.32 Å². The smallest absolute Gasteiger partial charge is 0.0208 e. The van der Waals surface area contributed by atoms with Gasteiger partial charge >= 0.3 is 0 Å². The molecule has 0 radical (unpaired) electrons. The van der Waals surface area contributed by atoms with E-state index in [9.17, 15) is 0 Å². The molecular formula is C14H23N. The van der Waals surface area contributed by atoms with Crippen LogP contribution in [-0.4, -0.2) is 6.04 Å². The Labute approximate surface area is 93.9 Å². The second-order valence-corrected chi connectivity index (χ2v) is 4.88. The van der Waals surface area contributed by atoms with E-state index in [0.717, 1.165) is 6.54 Å². The second-order valence-electron chi connectivity index (χ2n) is 4.88. The SMILES string of the molecule is CC(C)C(NCc1ccccc1)C(C)C. The molecule has 0 saturated heterocycles. The number of hydrogen-bond acceptors (Lipinski definition) is 1. The summed E-state index contributed by atoms with van der Waals surface area (Å²) in [4.78, 5) is 0. The van der Waals surface area contributed by atoms with Crippen molar-refractivity contribution < 1.29 is 0 Å². The van der Waals surface area contributed by atoms with Crippen LogP contribution in [0.1, 0.15) is 33.3 Å². The summed E-state index contributed by atoms with van der Waals surface area (Å²) in [5.74, 6) is 1.38. The molecule has 1 heteroatoms. The highest BCUT2D eigenvalue weighted by Gasteiger charge is 2.16. The Hall–Kier alpha value is -0.820. The predicted octanol–water partition coefficient (Wildman–Crippen LogP) is 3.46. The Balaban J connectivity index is 2.47. The fraction of sp³-hybridized carbons (Fsp3) is 0.571. The zero-order valence-electron chi connectivity index (χ0n) is 10.3. The maximum absolute atomic E-state index is 3.63. The van der Waals surface area contributed by atoms with Crippen LogP contribution in [0.25, 0.3) is 0 Å². The molecule has 0 spiro atoms. The van der Waals surface area contributed by atoms with Gasteiger partial charge in [-0.15, -0.1) is 0 Å². The molecule has 1 rings (SSSR count). The number of hydrogen-bond donors (Lipinski definition) is 1. The van der Waals surface area contributed by atoms with Gasteiger partial charge in [0.05, 0.1) is 0 Å². The van der Waals surface area contributed by atoms with Crippen molar-refractivity contribution >= 4 is 0 Å². The molecule has 0 aromatic heterocycles. The Bertz CT molecular complexity index is 256. The highest BCUT2D eigenvalue weighted by Crippen LogP contribution is 2.12. The molecule has 0 fully saturated rings. The van der Waals surface area contributed by atoms with Gasteiger partial charge in [-0.1, -0.05) is 58.0 Å². The Kier molecular flexibility index (Phi) is 4.83. The van der Waals surface area contributed by atoms with Crippen LogP contribution in [0, 0.1) is 11.8 Å². The van der Waals surface area contributed by atoms with E-state index in [1.165, 1.54) is 5.56 Å². The summed E-state index contributed by atoms with van der Waals surface area (Å²) in [5.41, 5.74) is 1.36. The van der Waals surface area contributed by atoms with E-state index in [1.807, 2.05) is 0 Å². The average molecular weight is 205 g/mol. The van der Waals surface area contributed by atoms with Crippen LogP contribution in [0.15, 0.2) is 30.3 Å². The fourth-order valence-electron chi connectivity index (χ4n) is 2.07. The van der Waals surface area contributed by atoms with Gasteiger partial charge in [-0.3, -0.25) is 0 Å². The summed E-state index contributed by atoms with van der Waals surface area (Å²) in [5, 5.41) is 3.63. The van der Waals surface area contributed by atoms with E-state index in [4.69, 9.17) is 0 Å². The minimum Gasteiger partial charge on any atom is -0.309 e. The molecule has 1 aromatic rings. The molecular weight excluding hydrogens is 182 g/mol. The van der Waals surface area contributed by atoms with Crippen molar-refractivity contribution in [2.75, 3.05) is 0 Å². The molecule has 0 amide bonds. The summed E-state index contributed by atoms with van der Waals surface area (Å²) in [6.45, 7) is 10.1. The van der Waals surface area contributed by atoms with E-state index in [0.29, 0.717) is 17.9 Å². The highest BCUT2D eigenvalue weighted by molar-refractivity contribution is 5.14. The summed E-state index contributed by atoms with van der Waals surface area (Å²) in [6.07, 6.45) is 0. The predicted molar refractivity (Wildman–Crippen MR) is 66.7 cm³/mol. The zero-order valence-corrected chi connectivity index (χ0v) is 10.3. The van der Waals surface area contributed by atoms with Gasteiger partial charge in [-0.05, 0) is 17.4 Å². The first-order valence-electron chi connectivity index (χ1n) is 5.88. The molecule has 15 heavy (non-hydrogen) atoms. The van der Waals surface area contributed by atoms with Crippen LogP contribution >= 0.6 is 0 Å². The quantitative estimate of drug-likeness (QED) is 0.776. The molecule has 0 aliphatic heterocycles. The molecule has 1 aromatic carbocycles. The molecule has 0 unspecified atom stereocenters. The molecule has 0 aliphatic rings. The van der Waals surface area contributed by atoms with Crippen LogP contribution in [0.5, 0.6) is 0 Å². The zero-order chi connectivity index (χ0) is 11.3. The van der Waals surface area contributed by atoms with Crippen molar-refractivity contribution in [3.05, 3.63) is 35.9 Å². The maximum Gasteiger partial charge on any atom is 0.0208 e. The molecule has 0 aliphatic carbocycles. The molecule has 1 nitrogen and oxygen atoms in total. The molecule has 84 valence electrons. The van der Waals surface area contributed by atoms with Gasteiger partial charge in [0.15, 0.2) is 0 Å². The number of benzene rings is 1. The number of nitrogens with one attached hydrogen (secondary N) is 1. The van der Waals surface area contributed by atoms with Crippen LogP contribution in [0.3, 0.4) is 0 Å².